The van der Waals surface area contributed by atoms with Gasteiger partial charge in [0.25, 0.3) is 0 Å². The minimum absolute atomic E-state index is 0.0668. The number of aryl methyl sites for hydroxylation is 2. The number of hydrogen-bond acceptors (Lipinski definition) is 5. The molecule has 0 aliphatic heterocycles. The van der Waals surface area contributed by atoms with Gasteiger partial charge in [-0.1, -0.05) is 44.9 Å². The monoisotopic (exact) mass is 448 g/mol. The van der Waals surface area contributed by atoms with Crippen molar-refractivity contribution in [3.05, 3.63) is 47.0 Å². The van der Waals surface area contributed by atoms with Crippen LogP contribution in [0.4, 0.5) is 5.69 Å². The second kappa shape index (κ2) is 10.6. The number of anilines is 1. The average Bonchev–Trinajstić information content (AvgIpc) is 2.70. The van der Waals surface area contributed by atoms with Gasteiger partial charge in [-0.15, -0.1) is 0 Å². The van der Waals surface area contributed by atoms with Crippen LogP contribution in [0.2, 0.25) is 0 Å². The van der Waals surface area contributed by atoms with Crippen molar-refractivity contribution >= 4 is 21.7 Å². The Labute approximate surface area is 184 Å². The number of rotatable bonds is 11. The predicted octanol–water partition coefficient (Wildman–Crippen LogP) is 4.85. The molecule has 0 fully saturated rings. The molecule has 3 N–H and O–H groups in total. The summed E-state index contributed by atoms with van der Waals surface area (Å²) in [4.78, 5) is 13.4. The lowest BCUT2D eigenvalue weighted by Crippen LogP contribution is -2.27. The standard InChI is InChI=1S/C23H32N2O5S/c1-5-7-12-25(13-8-6-2)19-14-18(23(26)27)15-20(31(24,28)29)22(19)30-21-16(3)10-9-11-17(21)4/h9-11,14-15H,5-8,12-13H2,1-4H3,(H,26,27)(H2,24,28,29). The van der Waals surface area contributed by atoms with Gasteiger partial charge in [0.05, 0.1) is 11.3 Å². The van der Waals surface area contributed by atoms with Gasteiger partial charge in [0.1, 0.15) is 10.6 Å². The van der Waals surface area contributed by atoms with E-state index in [1.165, 1.54) is 6.07 Å². The Morgan fingerprint density at radius 1 is 1.03 bits per heavy atom. The molecule has 0 amide bonds. The number of carbonyl (C=O) groups is 1. The molecular formula is C23H32N2O5S. The molecule has 0 aliphatic carbocycles. The van der Waals surface area contributed by atoms with E-state index in [1.807, 2.05) is 36.9 Å². The van der Waals surface area contributed by atoms with Gasteiger partial charge in [0.2, 0.25) is 10.0 Å². The summed E-state index contributed by atoms with van der Waals surface area (Å²) in [6.45, 7) is 9.16. The Balaban J connectivity index is 2.80. The van der Waals surface area contributed by atoms with Gasteiger partial charge in [-0.05, 0) is 49.9 Å². The van der Waals surface area contributed by atoms with Crippen LogP contribution in [0.5, 0.6) is 11.5 Å². The highest BCUT2D eigenvalue weighted by atomic mass is 32.2. The Bertz CT molecular complexity index is 1010. The normalized spacial score (nSPS) is 11.4. The molecule has 0 aliphatic rings. The fourth-order valence-electron chi connectivity index (χ4n) is 3.37. The summed E-state index contributed by atoms with van der Waals surface area (Å²) in [5.74, 6) is -0.629. The summed E-state index contributed by atoms with van der Waals surface area (Å²) < 4.78 is 31.2. The number of nitrogens with two attached hydrogens (primary N) is 1. The Kier molecular flexibility index (Phi) is 8.47. The van der Waals surface area contributed by atoms with E-state index in [0.717, 1.165) is 42.9 Å². The first kappa shape index (κ1) is 24.7. The van der Waals surface area contributed by atoms with Crippen molar-refractivity contribution in [3.8, 4) is 11.5 Å². The number of sulfonamides is 1. The van der Waals surface area contributed by atoms with Gasteiger partial charge in [-0.3, -0.25) is 0 Å². The number of nitrogens with zero attached hydrogens (tertiary/aromatic N) is 1. The van der Waals surface area contributed by atoms with Crippen LogP contribution in [0.25, 0.3) is 0 Å². The van der Waals surface area contributed by atoms with Crippen molar-refractivity contribution in [2.75, 3.05) is 18.0 Å². The Hall–Kier alpha value is -2.58. The molecule has 0 saturated heterocycles. The number of primary sulfonamides is 1. The second-order valence-electron chi connectivity index (χ2n) is 7.69. The number of benzene rings is 2. The number of aromatic carboxylic acids is 1. The molecule has 8 heteroatoms. The van der Waals surface area contributed by atoms with Crippen LogP contribution in [0.1, 0.15) is 61.0 Å². The van der Waals surface area contributed by atoms with Crippen LogP contribution in [0.15, 0.2) is 35.2 Å². The summed E-state index contributed by atoms with van der Waals surface area (Å²) in [7, 11) is -4.25. The van der Waals surface area contributed by atoms with E-state index in [4.69, 9.17) is 9.88 Å². The molecule has 0 heterocycles. The van der Waals surface area contributed by atoms with Crippen LogP contribution >= 0.6 is 0 Å². The van der Waals surface area contributed by atoms with Crippen molar-refractivity contribution in [3.63, 3.8) is 0 Å². The van der Waals surface area contributed by atoms with E-state index >= 15 is 0 Å². The fraction of sp³-hybridized carbons (Fsp3) is 0.435. The van der Waals surface area contributed by atoms with E-state index in [1.54, 1.807) is 0 Å². The van der Waals surface area contributed by atoms with Gasteiger partial charge in [-0.25, -0.2) is 18.4 Å². The first-order chi connectivity index (χ1) is 14.6. The van der Waals surface area contributed by atoms with E-state index in [-0.39, 0.29) is 16.2 Å². The fourth-order valence-corrected chi connectivity index (χ4v) is 4.07. The average molecular weight is 449 g/mol. The Morgan fingerprint density at radius 3 is 2.03 bits per heavy atom. The molecule has 2 aromatic rings. The number of para-hydroxylation sites is 1. The molecule has 0 bridgehead atoms. The zero-order valence-corrected chi connectivity index (χ0v) is 19.5. The summed E-state index contributed by atoms with van der Waals surface area (Å²) in [5.41, 5.74) is 1.95. The van der Waals surface area contributed by atoms with Gasteiger partial charge in [-0.2, -0.15) is 0 Å². The zero-order chi connectivity index (χ0) is 23.2. The Morgan fingerprint density at radius 2 is 1.58 bits per heavy atom. The highest BCUT2D eigenvalue weighted by molar-refractivity contribution is 7.89. The lowest BCUT2D eigenvalue weighted by Gasteiger charge is -2.28. The van der Waals surface area contributed by atoms with Crippen molar-refractivity contribution < 1.29 is 23.1 Å². The quantitative estimate of drug-likeness (QED) is 0.508. The number of carboxylic acids is 1. The van der Waals surface area contributed by atoms with Crippen LogP contribution in [0.3, 0.4) is 0 Å². The first-order valence-electron chi connectivity index (χ1n) is 10.5. The maximum Gasteiger partial charge on any atom is 0.335 e. The maximum absolute atomic E-state index is 12.5. The molecular weight excluding hydrogens is 416 g/mol. The number of ether oxygens (including phenoxy) is 1. The molecule has 2 rings (SSSR count). The summed E-state index contributed by atoms with van der Waals surface area (Å²) in [6, 6.07) is 8.18. The summed E-state index contributed by atoms with van der Waals surface area (Å²) in [6.07, 6.45) is 3.62. The number of unbranched alkanes of at least 4 members (excludes halogenated alkanes) is 2. The smallest absolute Gasteiger partial charge is 0.335 e. The van der Waals surface area contributed by atoms with E-state index in [9.17, 15) is 18.3 Å². The molecule has 0 saturated carbocycles. The molecule has 0 radical (unpaired) electrons. The molecule has 0 unspecified atom stereocenters. The van der Waals surface area contributed by atoms with Gasteiger partial charge in [0, 0.05) is 13.1 Å². The van der Waals surface area contributed by atoms with Crippen LogP contribution < -0.4 is 14.8 Å². The lowest BCUT2D eigenvalue weighted by molar-refractivity contribution is 0.0696. The summed E-state index contributed by atoms with van der Waals surface area (Å²) in [5, 5.41) is 15.1. The van der Waals surface area contributed by atoms with Crippen molar-refractivity contribution in [1.29, 1.82) is 0 Å². The van der Waals surface area contributed by atoms with Gasteiger partial charge >= 0.3 is 5.97 Å². The maximum atomic E-state index is 12.5. The van der Waals surface area contributed by atoms with E-state index in [2.05, 4.69) is 13.8 Å². The first-order valence-corrected chi connectivity index (χ1v) is 12.1. The van der Waals surface area contributed by atoms with Crippen molar-refractivity contribution in [2.45, 2.75) is 58.3 Å². The molecule has 2 aromatic carbocycles. The molecule has 170 valence electrons. The van der Waals surface area contributed by atoms with E-state index in [0.29, 0.717) is 24.5 Å². The third-order valence-corrected chi connectivity index (χ3v) is 6.02. The molecule has 31 heavy (non-hydrogen) atoms. The number of hydrogen-bond donors (Lipinski definition) is 2. The van der Waals surface area contributed by atoms with Gasteiger partial charge in [0.15, 0.2) is 5.75 Å². The lowest BCUT2D eigenvalue weighted by atomic mass is 10.1. The molecule has 7 nitrogen and oxygen atoms in total. The zero-order valence-electron chi connectivity index (χ0n) is 18.6. The SMILES string of the molecule is CCCCN(CCCC)c1cc(C(=O)O)cc(S(N)(=O)=O)c1Oc1c(C)cccc1C. The minimum Gasteiger partial charge on any atom is -0.478 e. The minimum atomic E-state index is -4.25. The van der Waals surface area contributed by atoms with E-state index < -0.39 is 16.0 Å². The van der Waals surface area contributed by atoms with Crippen LogP contribution in [-0.2, 0) is 10.0 Å². The van der Waals surface area contributed by atoms with Crippen molar-refractivity contribution in [1.82, 2.24) is 0 Å². The highest BCUT2D eigenvalue weighted by Crippen LogP contribution is 2.41. The summed E-state index contributed by atoms with van der Waals surface area (Å²) >= 11 is 0. The predicted molar refractivity (Wildman–Crippen MR) is 123 cm³/mol. The molecule has 0 aromatic heterocycles. The van der Waals surface area contributed by atoms with Crippen LogP contribution in [-0.4, -0.2) is 32.6 Å². The number of carboxylic acid groups (broad SMARTS) is 1. The molecule has 0 spiro atoms. The highest BCUT2D eigenvalue weighted by Gasteiger charge is 2.26. The largest absolute Gasteiger partial charge is 0.478 e. The third-order valence-electron chi connectivity index (χ3n) is 5.11. The third kappa shape index (κ3) is 6.21. The molecule has 0 atom stereocenters. The second-order valence-corrected chi connectivity index (χ2v) is 9.22. The topological polar surface area (TPSA) is 110 Å². The van der Waals surface area contributed by atoms with Crippen LogP contribution in [0, 0.1) is 13.8 Å². The van der Waals surface area contributed by atoms with Crippen molar-refractivity contribution in [2.24, 2.45) is 5.14 Å². The van der Waals surface area contributed by atoms with Gasteiger partial charge < -0.3 is 14.7 Å².